The van der Waals surface area contributed by atoms with Gasteiger partial charge in [0.15, 0.2) is 0 Å². The van der Waals surface area contributed by atoms with E-state index in [1.54, 1.807) is 14.1 Å². The molecule has 7 nitrogen and oxygen atoms in total. The summed E-state index contributed by atoms with van der Waals surface area (Å²) in [5, 5.41) is 9.00. The maximum absolute atomic E-state index is 12.0. The number of carboxylic acid groups (broad SMARTS) is 1. The molecule has 102 valence electrons. The molecule has 7 heteroatoms. The Morgan fingerprint density at radius 3 is 2.39 bits per heavy atom. The number of likely N-dealkylation sites (N-methyl/N-ethyl adjacent to an activating group) is 2. The number of amides is 3. The molecule has 0 bridgehead atoms. The van der Waals surface area contributed by atoms with Gasteiger partial charge in [-0.1, -0.05) is 0 Å². The molecule has 1 saturated heterocycles. The standard InChI is InChI=1S/C11H19N3O4/c1-12(2)9(15)7-13(3)11(18)14-6-4-5-8(14)10(16)17/h8H,4-7H2,1-3H3,(H,16,17)/t8-/m1/s1. The van der Waals surface area contributed by atoms with Gasteiger partial charge in [-0.15, -0.1) is 0 Å². The van der Waals surface area contributed by atoms with Crippen molar-refractivity contribution in [2.75, 3.05) is 34.2 Å². The maximum Gasteiger partial charge on any atom is 0.326 e. The van der Waals surface area contributed by atoms with E-state index in [2.05, 4.69) is 0 Å². The van der Waals surface area contributed by atoms with Gasteiger partial charge in [-0.05, 0) is 12.8 Å². The molecule has 0 saturated carbocycles. The Bertz CT molecular complexity index is 356. The van der Waals surface area contributed by atoms with Crippen molar-refractivity contribution in [2.24, 2.45) is 0 Å². The van der Waals surface area contributed by atoms with Gasteiger partial charge in [-0.25, -0.2) is 9.59 Å². The maximum atomic E-state index is 12.0. The second-order valence-corrected chi connectivity index (χ2v) is 4.62. The van der Waals surface area contributed by atoms with E-state index < -0.39 is 18.0 Å². The molecule has 1 fully saturated rings. The van der Waals surface area contributed by atoms with Crippen molar-refractivity contribution in [1.29, 1.82) is 0 Å². The number of urea groups is 1. The van der Waals surface area contributed by atoms with Crippen molar-refractivity contribution in [1.82, 2.24) is 14.7 Å². The number of hydrogen-bond donors (Lipinski definition) is 1. The van der Waals surface area contributed by atoms with Crippen molar-refractivity contribution < 1.29 is 19.5 Å². The van der Waals surface area contributed by atoms with Crippen molar-refractivity contribution in [3.63, 3.8) is 0 Å². The van der Waals surface area contributed by atoms with Crippen LogP contribution in [0.25, 0.3) is 0 Å². The summed E-state index contributed by atoms with van der Waals surface area (Å²) in [6, 6.07) is -1.18. The predicted molar refractivity (Wildman–Crippen MR) is 64.1 cm³/mol. The first-order chi connectivity index (χ1) is 8.34. The van der Waals surface area contributed by atoms with Crippen molar-refractivity contribution in [2.45, 2.75) is 18.9 Å². The Morgan fingerprint density at radius 2 is 1.89 bits per heavy atom. The summed E-state index contributed by atoms with van der Waals surface area (Å²) in [5.74, 6) is -1.19. The second kappa shape index (κ2) is 5.70. The summed E-state index contributed by atoms with van der Waals surface area (Å²) in [4.78, 5) is 38.5. The molecule has 1 N–H and O–H groups in total. The first kappa shape index (κ1) is 14.3. The molecule has 1 rings (SSSR count). The Morgan fingerprint density at radius 1 is 1.28 bits per heavy atom. The van der Waals surface area contributed by atoms with Crippen LogP contribution in [-0.2, 0) is 9.59 Å². The monoisotopic (exact) mass is 257 g/mol. The van der Waals surface area contributed by atoms with Crippen LogP contribution in [0.15, 0.2) is 0 Å². The number of carbonyl (C=O) groups excluding carboxylic acids is 2. The van der Waals surface area contributed by atoms with Gasteiger partial charge >= 0.3 is 12.0 Å². The third-order valence-electron chi connectivity index (χ3n) is 2.98. The van der Waals surface area contributed by atoms with Crippen LogP contribution in [0.2, 0.25) is 0 Å². The molecule has 0 aromatic heterocycles. The van der Waals surface area contributed by atoms with Gasteiger partial charge in [-0.3, -0.25) is 4.79 Å². The minimum atomic E-state index is -0.992. The summed E-state index contributed by atoms with van der Waals surface area (Å²) in [5.41, 5.74) is 0. The van der Waals surface area contributed by atoms with Crippen LogP contribution in [0.4, 0.5) is 4.79 Å². The average molecular weight is 257 g/mol. The highest BCUT2D eigenvalue weighted by Crippen LogP contribution is 2.18. The fourth-order valence-electron chi connectivity index (χ4n) is 1.88. The molecule has 0 unspecified atom stereocenters. The van der Waals surface area contributed by atoms with Crippen LogP contribution in [0.3, 0.4) is 0 Å². The summed E-state index contributed by atoms with van der Waals surface area (Å²) in [6.45, 7) is 0.380. The van der Waals surface area contributed by atoms with E-state index in [4.69, 9.17) is 5.11 Å². The van der Waals surface area contributed by atoms with Crippen LogP contribution >= 0.6 is 0 Å². The van der Waals surface area contributed by atoms with Gasteiger partial charge in [0, 0.05) is 27.7 Å². The molecule has 1 aliphatic heterocycles. The first-order valence-corrected chi connectivity index (χ1v) is 5.79. The summed E-state index contributed by atoms with van der Waals surface area (Å²) in [6.07, 6.45) is 1.15. The fraction of sp³-hybridized carbons (Fsp3) is 0.727. The van der Waals surface area contributed by atoms with E-state index >= 15 is 0 Å². The van der Waals surface area contributed by atoms with E-state index in [0.29, 0.717) is 19.4 Å². The summed E-state index contributed by atoms with van der Waals surface area (Å²) in [7, 11) is 4.72. The quantitative estimate of drug-likeness (QED) is 0.751. The first-order valence-electron chi connectivity index (χ1n) is 5.79. The minimum absolute atomic E-state index is 0.0470. The number of aliphatic carboxylic acids is 1. The highest BCUT2D eigenvalue weighted by Gasteiger charge is 2.35. The Kier molecular flexibility index (Phi) is 4.52. The van der Waals surface area contributed by atoms with Gasteiger partial charge in [0.05, 0.1) is 0 Å². The van der Waals surface area contributed by atoms with Gasteiger partial charge in [-0.2, -0.15) is 0 Å². The Balaban J connectivity index is 2.63. The van der Waals surface area contributed by atoms with E-state index in [-0.39, 0.29) is 12.5 Å². The van der Waals surface area contributed by atoms with Crippen molar-refractivity contribution in [3.05, 3.63) is 0 Å². The normalized spacial score (nSPS) is 18.6. The lowest BCUT2D eigenvalue weighted by atomic mass is 10.2. The molecule has 1 atom stereocenters. The molecule has 1 aliphatic rings. The molecule has 18 heavy (non-hydrogen) atoms. The van der Waals surface area contributed by atoms with Crippen LogP contribution in [0.5, 0.6) is 0 Å². The third-order valence-corrected chi connectivity index (χ3v) is 2.98. The molecular formula is C11H19N3O4. The molecule has 0 aliphatic carbocycles. The topological polar surface area (TPSA) is 81.2 Å². The van der Waals surface area contributed by atoms with Gasteiger partial charge in [0.25, 0.3) is 0 Å². The minimum Gasteiger partial charge on any atom is -0.480 e. The molecule has 0 aromatic carbocycles. The third kappa shape index (κ3) is 3.12. The summed E-state index contributed by atoms with van der Waals surface area (Å²) < 4.78 is 0. The Labute approximate surface area is 106 Å². The number of rotatable bonds is 3. The molecule has 1 heterocycles. The molecular weight excluding hydrogens is 238 g/mol. The highest BCUT2D eigenvalue weighted by molar-refractivity contribution is 5.86. The smallest absolute Gasteiger partial charge is 0.326 e. The number of likely N-dealkylation sites (tertiary alicyclic amines) is 1. The van der Waals surface area contributed by atoms with Crippen molar-refractivity contribution in [3.8, 4) is 0 Å². The van der Waals surface area contributed by atoms with Gasteiger partial charge in [0.1, 0.15) is 12.6 Å². The van der Waals surface area contributed by atoms with E-state index in [0.717, 1.165) is 0 Å². The largest absolute Gasteiger partial charge is 0.480 e. The van der Waals surface area contributed by atoms with E-state index in [9.17, 15) is 14.4 Å². The zero-order valence-electron chi connectivity index (χ0n) is 10.9. The zero-order chi connectivity index (χ0) is 13.9. The SMILES string of the molecule is CN(C)C(=O)CN(C)C(=O)N1CCC[C@@H]1C(=O)O. The molecule has 0 radical (unpaired) electrons. The number of carbonyl (C=O) groups is 3. The van der Waals surface area contributed by atoms with Crippen LogP contribution in [0, 0.1) is 0 Å². The van der Waals surface area contributed by atoms with Crippen LogP contribution in [-0.4, -0.2) is 78.0 Å². The lowest BCUT2D eigenvalue weighted by Crippen LogP contribution is -2.49. The van der Waals surface area contributed by atoms with Crippen molar-refractivity contribution >= 4 is 17.9 Å². The highest BCUT2D eigenvalue weighted by atomic mass is 16.4. The number of carboxylic acids is 1. The summed E-state index contributed by atoms with van der Waals surface area (Å²) >= 11 is 0. The lowest BCUT2D eigenvalue weighted by molar-refractivity contribution is -0.141. The molecule has 0 aromatic rings. The van der Waals surface area contributed by atoms with Gasteiger partial charge < -0.3 is 19.8 Å². The molecule has 0 spiro atoms. The molecule has 3 amide bonds. The van der Waals surface area contributed by atoms with Gasteiger partial charge in [0.2, 0.25) is 5.91 Å². The average Bonchev–Trinajstić information content (AvgIpc) is 2.76. The zero-order valence-corrected chi connectivity index (χ0v) is 10.9. The lowest BCUT2D eigenvalue weighted by Gasteiger charge is -2.27. The van der Waals surface area contributed by atoms with Crippen LogP contribution in [0.1, 0.15) is 12.8 Å². The number of nitrogens with zero attached hydrogens (tertiary/aromatic N) is 3. The predicted octanol–water partition coefficient (Wildman–Crippen LogP) is -0.325. The fourth-order valence-corrected chi connectivity index (χ4v) is 1.88. The van der Waals surface area contributed by atoms with Crippen LogP contribution < -0.4 is 0 Å². The van der Waals surface area contributed by atoms with E-state index in [1.165, 1.54) is 21.7 Å². The number of hydrogen-bond acceptors (Lipinski definition) is 3. The second-order valence-electron chi connectivity index (χ2n) is 4.62. The Hall–Kier alpha value is -1.79. The van der Waals surface area contributed by atoms with E-state index in [1.807, 2.05) is 0 Å².